The molecule has 5 aliphatic rings. The van der Waals surface area contributed by atoms with Crippen LogP contribution in [0.15, 0.2) is 51.7 Å². The number of alkyl halides is 1. The fourth-order valence-electron chi connectivity index (χ4n) is 8.37. The first-order valence-corrected chi connectivity index (χ1v) is 17.7. The monoisotopic (exact) mass is 727 g/mol. The number of piperazine rings is 1. The Labute approximate surface area is 297 Å². The number of aliphatic hydroxyl groups is 1. The summed E-state index contributed by atoms with van der Waals surface area (Å²) in [5, 5.41) is 19.9. The van der Waals surface area contributed by atoms with Crippen LogP contribution >= 0.6 is 23.4 Å². The van der Waals surface area contributed by atoms with Crippen molar-refractivity contribution in [3.63, 3.8) is 0 Å². The number of carbonyl (C=O) groups is 1. The molecule has 3 fully saturated rings. The lowest BCUT2D eigenvalue weighted by Gasteiger charge is -2.41. The average Bonchev–Trinajstić information content (AvgIpc) is 3.74. The van der Waals surface area contributed by atoms with Crippen molar-refractivity contribution in [2.45, 2.75) is 56.3 Å². The summed E-state index contributed by atoms with van der Waals surface area (Å²) >= 11 is 7.91. The van der Waals surface area contributed by atoms with Gasteiger partial charge in [0.25, 0.3) is 5.91 Å². The first-order valence-electron chi connectivity index (χ1n) is 16.5. The second-order valence-electron chi connectivity index (χ2n) is 13.9. The summed E-state index contributed by atoms with van der Waals surface area (Å²) in [5.74, 6) is -2.27. The molecule has 5 atom stereocenters. The number of nitrogens with zero attached hydrogens (tertiary/aromatic N) is 6. The summed E-state index contributed by atoms with van der Waals surface area (Å²) in [6, 6.07) is 3.25. The van der Waals surface area contributed by atoms with Crippen LogP contribution in [0.4, 0.5) is 19.0 Å². The lowest BCUT2D eigenvalue weighted by Crippen LogP contribution is -2.54. The van der Waals surface area contributed by atoms with Crippen molar-refractivity contribution >= 4 is 46.0 Å². The maximum absolute atomic E-state index is 17.3. The van der Waals surface area contributed by atoms with Gasteiger partial charge in [-0.1, -0.05) is 42.9 Å². The van der Waals surface area contributed by atoms with E-state index in [4.69, 9.17) is 27.1 Å². The van der Waals surface area contributed by atoms with Crippen LogP contribution in [-0.2, 0) is 10.2 Å². The molecule has 3 saturated heterocycles. The number of allylic oxidation sites excluding steroid dienone is 5. The summed E-state index contributed by atoms with van der Waals surface area (Å²) in [6.45, 7) is 8.86. The Kier molecular flexibility index (Phi) is 8.86. The molecule has 7 rings (SSSR count). The summed E-state index contributed by atoms with van der Waals surface area (Å²) in [4.78, 5) is 28.0. The number of rotatable bonds is 7. The van der Waals surface area contributed by atoms with Gasteiger partial charge in [0.15, 0.2) is 5.82 Å². The zero-order valence-corrected chi connectivity index (χ0v) is 29.3. The highest BCUT2D eigenvalue weighted by atomic mass is 35.5. The van der Waals surface area contributed by atoms with Gasteiger partial charge in [0, 0.05) is 76.4 Å². The van der Waals surface area contributed by atoms with Crippen molar-refractivity contribution < 1.29 is 27.8 Å². The number of hydrogen-bond acceptors (Lipinski definition) is 10. The van der Waals surface area contributed by atoms with Gasteiger partial charge in [-0.25, -0.2) is 13.2 Å². The smallest absolute Gasteiger partial charge is 0.319 e. The number of amides is 1. The molecule has 0 saturated carbocycles. The van der Waals surface area contributed by atoms with E-state index in [1.54, 1.807) is 17.9 Å². The van der Waals surface area contributed by atoms with Gasteiger partial charge in [0.1, 0.15) is 29.9 Å². The van der Waals surface area contributed by atoms with Crippen molar-refractivity contribution in [3.05, 3.63) is 68.1 Å². The van der Waals surface area contributed by atoms with Crippen LogP contribution in [-0.4, -0.2) is 94.5 Å². The van der Waals surface area contributed by atoms with E-state index in [9.17, 15) is 19.6 Å². The van der Waals surface area contributed by atoms with Crippen molar-refractivity contribution in [1.82, 2.24) is 19.8 Å². The number of aliphatic hydroxyl groups excluding tert-OH is 1. The number of aromatic nitrogens is 2. The number of halogens is 4. The van der Waals surface area contributed by atoms with Crippen molar-refractivity contribution in [3.8, 4) is 12.1 Å². The maximum atomic E-state index is 17.3. The van der Waals surface area contributed by atoms with Crippen LogP contribution in [0.3, 0.4) is 0 Å². The lowest BCUT2D eigenvalue weighted by atomic mass is 9.66. The number of fused-ring (bicyclic) bond motifs is 3. The molecule has 1 aromatic carbocycles. The Balaban J connectivity index is 1.34. The molecule has 0 bridgehead atoms. The third kappa shape index (κ3) is 5.44. The fraction of sp³-hybridized carbons (Fsp3) is 0.486. The molecule has 2 aromatic rings. The van der Waals surface area contributed by atoms with Crippen LogP contribution in [0.1, 0.15) is 38.7 Å². The SMILES string of the molecule is C=C(CO)C(=O)N1CCN(c2nc(OC[C@@]34CCCN3C[C@H](F)C4)nc3c(F)c(C4(C)C=CC(F)=C5SC(N)=C(C#N)C54)c(Cl)cc23)[C@@H](C)C1. The molecule has 264 valence electrons. The second kappa shape index (κ2) is 12.8. The molecule has 5 heterocycles. The Bertz CT molecular complexity index is 1950. The van der Waals surface area contributed by atoms with E-state index in [-0.39, 0.29) is 74.8 Å². The topological polar surface area (TPSA) is 132 Å². The Morgan fingerprint density at radius 1 is 1.30 bits per heavy atom. The molecule has 1 amide bonds. The van der Waals surface area contributed by atoms with Crippen molar-refractivity contribution in [1.29, 1.82) is 5.26 Å². The van der Waals surface area contributed by atoms with Crippen LogP contribution in [0.5, 0.6) is 6.01 Å². The molecule has 15 heteroatoms. The lowest BCUT2D eigenvalue weighted by molar-refractivity contribution is -0.128. The van der Waals surface area contributed by atoms with Crippen LogP contribution in [0, 0.1) is 23.1 Å². The van der Waals surface area contributed by atoms with E-state index >= 15 is 8.78 Å². The zero-order chi connectivity index (χ0) is 35.7. The fourth-order valence-corrected chi connectivity index (χ4v) is 9.92. The van der Waals surface area contributed by atoms with Gasteiger partial charge in [-0.2, -0.15) is 15.2 Å². The second-order valence-corrected chi connectivity index (χ2v) is 15.4. The number of nitriles is 1. The van der Waals surface area contributed by atoms with Gasteiger partial charge in [-0.05, 0) is 38.5 Å². The molecule has 10 nitrogen and oxygen atoms in total. The normalized spacial score (nSPS) is 29.5. The Hall–Kier alpha value is -3.77. The number of ether oxygens (including phenoxy) is 1. The van der Waals surface area contributed by atoms with Crippen LogP contribution < -0.4 is 15.4 Å². The number of thioether (sulfide) groups is 1. The number of nitrogens with two attached hydrogens (primary N) is 1. The predicted octanol–water partition coefficient (Wildman–Crippen LogP) is 5.03. The zero-order valence-electron chi connectivity index (χ0n) is 27.7. The molecule has 2 unspecified atom stereocenters. The van der Waals surface area contributed by atoms with E-state index in [1.165, 1.54) is 12.2 Å². The minimum absolute atomic E-state index is 0.0131. The van der Waals surface area contributed by atoms with Gasteiger partial charge in [0.2, 0.25) is 0 Å². The third-order valence-electron chi connectivity index (χ3n) is 10.9. The molecule has 1 aromatic heterocycles. The highest BCUT2D eigenvalue weighted by molar-refractivity contribution is 8.07. The van der Waals surface area contributed by atoms with Crippen LogP contribution in [0.2, 0.25) is 5.02 Å². The molecule has 4 aliphatic heterocycles. The van der Waals surface area contributed by atoms with E-state index < -0.39 is 41.3 Å². The van der Waals surface area contributed by atoms with E-state index in [1.807, 2.05) is 11.8 Å². The summed E-state index contributed by atoms with van der Waals surface area (Å²) in [6.07, 6.45) is 3.75. The van der Waals surface area contributed by atoms with Gasteiger partial charge >= 0.3 is 6.01 Å². The predicted molar refractivity (Wildman–Crippen MR) is 185 cm³/mol. The molecular formula is C35H37ClF3N7O3S. The largest absolute Gasteiger partial charge is 0.461 e. The summed E-state index contributed by atoms with van der Waals surface area (Å²) in [5.41, 5.74) is 4.45. The van der Waals surface area contributed by atoms with Gasteiger partial charge in [-0.3, -0.25) is 9.69 Å². The van der Waals surface area contributed by atoms with E-state index in [2.05, 4.69) is 22.5 Å². The standard InChI is InChI=1S/C35H37ClF3N7O3S/c1-18(16-47)32(48)44-9-10-46(19(2)14-44)31-21-11-23(36)26(34(3)7-5-24(38)29-25(34)22(13-40)30(41)50-29)27(39)28(21)42-33(43-31)49-17-35-6-4-8-45(35)15-20(37)12-35/h5,7,11,19-20,25,47H,1,4,6,8-10,12,14-17,41H2,2-3H3/t19-,20+,25?,34?,35-/m0/s1. The third-order valence-corrected chi connectivity index (χ3v) is 12.2. The average molecular weight is 728 g/mol. The number of carbonyl (C=O) groups excluding carboxylic acids is 1. The molecular weight excluding hydrogens is 691 g/mol. The summed E-state index contributed by atoms with van der Waals surface area (Å²) in [7, 11) is 0. The summed E-state index contributed by atoms with van der Waals surface area (Å²) < 4.78 is 53.2. The van der Waals surface area contributed by atoms with Gasteiger partial charge < -0.3 is 25.4 Å². The van der Waals surface area contributed by atoms with Gasteiger partial charge in [-0.15, -0.1) is 0 Å². The van der Waals surface area contributed by atoms with Crippen LogP contribution in [0.25, 0.3) is 10.9 Å². The quantitative estimate of drug-likeness (QED) is 0.375. The number of benzene rings is 1. The van der Waals surface area contributed by atoms with Crippen molar-refractivity contribution in [2.75, 3.05) is 50.8 Å². The number of anilines is 1. The highest BCUT2D eigenvalue weighted by Crippen LogP contribution is 2.58. The van der Waals surface area contributed by atoms with Gasteiger partial charge in [0.05, 0.1) is 28.8 Å². The van der Waals surface area contributed by atoms with E-state index in [0.717, 1.165) is 31.1 Å². The molecule has 0 radical (unpaired) electrons. The maximum Gasteiger partial charge on any atom is 0.319 e. The molecule has 50 heavy (non-hydrogen) atoms. The minimum Gasteiger partial charge on any atom is -0.461 e. The minimum atomic E-state index is -1.32. The first kappa shape index (κ1) is 34.7. The van der Waals surface area contributed by atoms with Crippen molar-refractivity contribution in [2.24, 2.45) is 11.7 Å². The van der Waals surface area contributed by atoms with E-state index in [0.29, 0.717) is 30.7 Å². The molecule has 1 aliphatic carbocycles. The molecule has 3 N–H and O–H groups in total. The molecule has 0 spiro atoms. The number of hydrogen-bond donors (Lipinski definition) is 2. The first-order chi connectivity index (χ1) is 23.8. The Morgan fingerprint density at radius 2 is 2.08 bits per heavy atom. The Morgan fingerprint density at radius 3 is 2.80 bits per heavy atom. The highest BCUT2D eigenvalue weighted by Gasteiger charge is 2.51.